The number of hydrogen-bond donors (Lipinski definition) is 1. The summed E-state index contributed by atoms with van der Waals surface area (Å²) in [4.78, 5) is 14.2. The summed E-state index contributed by atoms with van der Waals surface area (Å²) in [5.74, 6) is -0.653. The average molecular weight is 371 g/mol. The summed E-state index contributed by atoms with van der Waals surface area (Å²) < 4.78 is 13.2. The van der Waals surface area contributed by atoms with Crippen LogP contribution in [0.2, 0.25) is 5.02 Å². The van der Waals surface area contributed by atoms with Gasteiger partial charge in [0.1, 0.15) is 5.82 Å². The molecule has 6 heteroatoms. The van der Waals surface area contributed by atoms with Gasteiger partial charge in [-0.1, -0.05) is 42.8 Å². The molecule has 2 aromatic carbocycles. The van der Waals surface area contributed by atoms with Crippen LogP contribution >= 0.6 is 24.0 Å². The van der Waals surface area contributed by atoms with Gasteiger partial charge in [-0.05, 0) is 35.4 Å². The highest BCUT2D eigenvalue weighted by molar-refractivity contribution is 6.30. The molecule has 0 aliphatic carbocycles. The minimum absolute atomic E-state index is 0. The number of halogens is 3. The Morgan fingerprint density at radius 3 is 2.04 bits per heavy atom. The van der Waals surface area contributed by atoms with E-state index in [0.717, 1.165) is 11.1 Å². The summed E-state index contributed by atoms with van der Waals surface area (Å²) in [5, 5.41) is 0.621. The number of carbonyl (C=O) groups excluding carboxylic acids is 1. The Hall–Kier alpha value is -1.62. The predicted octanol–water partition coefficient (Wildman–Crippen LogP) is 4.04. The molecule has 130 valence electrons. The van der Waals surface area contributed by atoms with Crippen LogP contribution in [-0.4, -0.2) is 24.4 Å². The number of hydrogen-bond acceptors (Lipinski definition) is 2. The largest absolute Gasteiger partial charge is 0.334 e. The molecule has 24 heavy (non-hydrogen) atoms. The SMILES string of the molecule is CC(CN)C(=O)N(C)C(c1ccc(F)cc1)c1ccc(Cl)cc1.Cl. The molecule has 0 aliphatic rings. The van der Waals surface area contributed by atoms with E-state index in [-0.39, 0.29) is 42.6 Å². The van der Waals surface area contributed by atoms with Crippen molar-refractivity contribution in [1.29, 1.82) is 0 Å². The lowest BCUT2D eigenvalue weighted by molar-refractivity contribution is -0.134. The Morgan fingerprint density at radius 1 is 1.12 bits per heavy atom. The van der Waals surface area contributed by atoms with Gasteiger partial charge in [-0.3, -0.25) is 4.79 Å². The van der Waals surface area contributed by atoms with Gasteiger partial charge >= 0.3 is 0 Å². The molecule has 2 N–H and O–H groups in total. The third kappa shape index (κ3) is 4.69. The van der Waals surface area contributed by atoms with Gasteiger partial charge in [0.2, 0.25) is 5.91 Å². The highest BCUT2D eigenvalue weighted by atomic mass is 35.5. The van der Waals surface area contributed by atoms with Crippen LogP contribution < -0.4 is 5.73 Å². The van der Waals surface area contributed by atoms with Crippen LogP contribution in [-0.2, 0) is 4.79 Å². The van der Waals surface area contributed by atoms with Crippen LogP contribution in [0.15, 0.2) is 48.5 Å². The van der Waals surface area contributed by atoms with Crippen LogP contribution in [0.3, 0.4) is 0 Å². The van der Waals surface area contributed by atoms with Gasteiger partial charge < -0.3 is 10.6 Å². The van der Waals surface area contributed by atoms with Crippen LogP contribution in [0, 0.1) is 11.7 Å². The Labute approximate surface area is 153 Å². The first-order chi connectivity index (χ1) is 10.9. The van der Waals surface area contributed by atoms with Gasteiger partial charge in [0.25, 0.3) is 0 Å². The Kier molecular flexibility index (Phi) is 7.67. The minimum atomic E-state index is -0.325. The molecule has 2 unspecified atom stereocenters. The highest BCUT2D eigenvalue weighted by Crippen LogP contribution is 2.29. The third-order valence-electron chi connectivity index (χ3n) is 3.88. The number of carbonyl (C=O) groups is 1. The molecule has 0 radical (unpaired) electrons. The van der Waals surface area contributed by atoms with Crippen molar-refractivity contribution in [2.24, 2.45) is 11.7 Å². The molecule has 0 heterocycles. The highest BCUT2D eigenvalue weighted by Gasteiger charge is 2.26. The van der Waals surface area contributed by atoms with Crippen molar-refractivity contribution in [3.05, 3.63) is 70.5 Å². The normalized spacial score (nSPS) is 12.9. The van der Waals surface area contributed by atoms with Gasteiger partial charge in [-0.2, -0.15) is 0 Å². The van der Waals surface area contributed by atoms with E-state index >= 15 is 0 Å². The number of amides is 1. The van der Waals surface area contributed by atoms with E-state index < -0.39 is 0 Å². The van der Waals surface area contributed by atoms with Crippen LogP contribution in [0.1, 0.15) is 24.1 Å². The van der Waals surface area contributed by atoms with Gasteiger partial charge in [0.05, 0.1) is 6.04 Å². The molecule has 0 aromatic heterocycles. The summed E-state index contributed by atoms with van der Waals surface area (Å²) in [7, 11) is 1.73. The smallest absolute Gasteiger partial charge is 0.227 e. The fourth-order valence-electron chi connectivity index (χ4n) is 2.51. The van der Waals surface area contributed by atoms with Gasteiger partial charge in [0, 0.05) is 24.5 Å². The van der Waals surface area contributed by atoms with Gasteiger partial charge in [-0.25, -0.2) is 4.39 Å². The second-order valence-electron chi connectivity index (χ2n) is 5.59. The van der Waals surface area contributed by atoms with E-state index in [0.29, 0.717) is 5.02 Å². The molecular formula is C18H21Cl2FN2O. The second-order valence-corrected chi connectivity index (χ2v) is 6.03. The lowest BCUT2D eigenvalue weighted by Crippen LogP contribution is -2.38. The topological polar surface area (TPSA) is 46.3 Å². The molecule has 2 rings (SSSR count). The maximum Gasteiger partial charge on any atom is 0.227 e. The summed E-state index contributed by atoms with van der Waals surface area (Å²) in [6, 6.07) is 13.1. The van der Waals surface area contributed by atoms with E-state index in [2.05, 4.69) is 0 Å². The van der Waals surface area contributed by atoms with Crippen molar-refractivity contribution in [2.75, 3.05) is 13.6 Å². The first kappa shape index (κ1) is 20.4. The first-order valence-electron chi connectivity index (χ1n) is 7.41. The number of rotatable bonds is 5. The van der Waals surface area contributed by atoms with Crippen LogP contribution in [0.4, 0.5) is 4.39 Å². The van der Waals surface area contributed by atoms with E-state index in [1.807, 2.05) is 12.1 Å². The molecule has 3 nitrogen and oxygen atoms in total. The summed E-state index contributed by atoms with van der Waals surface area (Å²) in [6.45, 7) is 2.07. The molecule has 1 amide bonds. The zero-order valence-corrected chi connectivity index (χ0v) is 15.2. The Morgan fingerprint density at radius 2 is 1.58 bits per heavy atom. The number of benzene rings is 2. The fraction of sp³-hybridized carbons (Fsp3) is 0.278. The number of nitrogens with zero attached hydrogens (tertiary/aromatic N) is 1. The lowest BCUT2D eigenvalue weighted by atomic mass is 9.96. The molecule has 0 aliphatic heterocycles. The second kappa shape index (κ2) is 9.02. The van der Waals surface area contributed by atoms with E-state index in [1.165, 1.54) is 12.1 Å². The molecule has 0 saturated heterocycles. The monoisotopic (exact) mass is 370 g/mol. The van der Waals surface area contributed by atoms with Crippen LogP contribution in [0.25, 0.3) is 0 Å². The zero-order valence-electron chi connectivity index (χ0n) is 13.6. The maximum absolute atomic E-state index is 13.2. The Bertz CT molecular complexity index is 616. The third-order valence-corrected chi connectivity index (χ3v) is 4.13. The van der Waals surface area contributed by atoms with Crippen LogP contribution in [0.5, 0.6) is 0 Å². The van der Waals surface area contributed by atoms with Crippen molar-refractivity contribution in [3.63, 3.8) is 0 Å². The van der Waals surface area contributed by atoms with Gasteiger partial charge in [0.15, 0.2) is 0 Å². The Balaban J connectivity index is 0.00000288. The average Bonchev–Trinajstić information content (AvgIpc) is 2.57. The summed E-state index contributed by atoms with van der Waals surface area (Å²) >= 11 is 5.95. The van der Waals surface area contributed by atoms with E-state index in [1.54, 1.807) is 43.1 Å². The molecule has 2 aromatic rings. The van der Waals surface area contributed by atoms with Crippen molar-refractivity contribution in [2.45, 2.75) is 13.0 Å². The van der Waals surface area contributed by atoms with E-state index in [4.69, 9.17) is 17.3 Å². The minimum Gasteiger partial charge on any atom is -0.334 e. The molecule has 0 bridgehead atoms. The quantitative estimate of drug-likeness (QED) is 0.862. The van der Waals surface area contributed by atoms with E-state index in [9.17, 15) is 9.18 Å². The number of nitrogens with two attached hydrogens (primary N) is 1. The first-order valence-corrected chi connectivity index (χ1v) is 7.79. The zero-order chi connectivity index (χ0) is 17.0. The predicted molar refractivity (Wildman–Crippen MR) is 97.9 cm³/mol. The summed E-state index contributed by atoms with van der Waals surface area (Å²) in [5.41, 5.74) is 7.34. The van der Waals surface area contributed by atoms with Crippen molar-refractivity contribution >= 4 is 29.9 Å². The summed E-state index contributed by atoms with van der Waals surface area (Å²) in [6.07, 6.45) is 0. The molecule has 2 atom stereocenters. The van der Waals surface area contributed by atoms with Crippen molar-refractivity contribution < 1.29 is 9.18 Å². The van der Waals surface area contributed by atoms with Gasteiger partial charge in [-0.15, -0.1) is 12.4 Å². The molecule has 0 fully saturated rings. The molecule has 0 spiro atoms. The lowest BCUT2D eigenvalue weighted by Gasteiger charge is -2.31. The van der Waals surface area contributed by atoms with Crippen molar-refractivity contribution in [1.82, 2.24) is 4.90 Å². The molecular weight excluding hydrogens is 350 g/mol. The van der Waals surface area contributed by atoms with Crippen molar-refractivity contribution in [3.8, 4) is 0 Å². The molecule has 0 saturated carbocycles. The fourth-order valence-corrected chi connectivity index (χ4v) is 2.63. The maximum atomic E-state index is 13.2. The standard InChI is InChI=1S/C18H20ClFN2O.ClH/c1-12(11-21)18(23)22(2)17(13-3-7-15(19)8-4-13)14-5-9-16(20)10-6-14;/h3-10,12,17H,11,21H2,1-2H3;1H.